The first-order valence-electron chi connectivity index (χ1n) is 8.81. The van der Waals surface area contributed by atoms with Gasteiger partial charge in [-0.1, -0.05) is 80.9 Å². The molecule has 0 aliphatic carbocycles. The number of hydrogen-bond donors (Lipinski definition) is 1. The fourth-order valence-electron chi connectivity index (χ4n) is 3.35. The zero-order valence-corrected chi connectivity index (χ0v) is 14.7. The summed E-state index contributed by atoms with van der Waals surface area (Å²) in [6.45, 7) is 4.52. The fraction of sp³-hybridized carbons (Fsp3) is 0.333. The average Bonchev–Trinajstić information content (AvgIpc) is 2.65. The Morgan fingerprint density at radius 2 is 1.60 bits per heavy atom. The number of piperazine rings is 1. The van der Waals surface area contributed by atoms with E-state index in [-0.39, 0.29) is 17.7 Å². The average molecular weight is 336 g/mol. The van der Waals surface area contributed by atoms with E-state index < -0.39 is 12.1 Å². The van der Waals surface area contributed by atoms with Crippen molar-refractivity contribution in [2.75, 3.05) is 0 Å². The summed E-state index contributed by atoms with van der Waals surface area (Å²) in [4.78, 5) is 27.8. The summed E-state index contributed by atoms with van der Waals surface area (Å²) in [5.74, 6) is -0.0110. The molecule has 1 fully saturated rings. The van der Waals surface area contributed by atoms with Crippen LogP contribution in [-0.2, 0) is 16.1 Å². The van der Waals surface area contributed by atoms with Crippen LogP contribution in [0.15, 0.2) is 60.7 Å². The zero-order chi connectivity index (χ0) is 17.8. The molecular weight excluding hydrogens is 312 g/mol. The van der Waals surface area contributed by atoms with Crippen molar-refractivity contribution < 1.29 is 9.59 Å². The molecule has 4 nitrogen and oxygen atoms in total. The van der Waals surface area contributed by atoms with Crippen LogP contribution in [0.4, 0.5) is 0 Å². The third kappa shape index (κ3) is 3.58. The van der Waals surface area contributed by atoms with Gasteiger partial charge in [0, 0.05) is 6.54 Å². The number of nitrogens with zero attached hydrogens (tertiary/aromatic N) is 1. The van der Waals surface area contributed by atoms with E-state index in [0.717, 1.165) is 17.5 Å². The highest BCUT2D eigenvalue weighted by molar-refractivity contribution is 5.97. The Labute approximate surface area is 148 Å². The molecule has 1 aliphatic rings. The molecule has 1 N–H and O–H groups in total. The lowest BCUT2D eigenvalue weighted by molar-refractivity contribution is -0.152. The van der Waals surface area contributed by atoms with Crippen LogP contribution in [0, 0.1) is 5.92 Å². The van der Waals surface area contributed by atoms with Crippen LogP contribution >= 0.6 is 0 Å². The first-order chi connectivity index (χ1) is 12.1. The molecule has 2 amide bonds. The van der Waals surface area contributed by atoms with Gasteiger partial charge >= 0.3 is 0 Å². The van der Waals surface area contributed by atoms with Gasteiger partial charge in [0.15, 0.2) is 0 Å². The van der Waals surface area contributed by atoms with Gasteiger partial charge in [0.2, 0.25) is 5.91 Å². The highest BCUT2D eigenvalue weighted by atomic mass is 16.2. The second kappa shape index (κ2) is 7.51. The topological polar surface area (TPSA) is 49.4 Å². The normalized spacial score (nSPS) is 21.8. The van der Waals surface area contributed by atoms with E-state index >= 15 is 0 Å². The predicted octanol–water partition coefficient (Wildman–Crippen LogP) is 3.30. The number of rotatable bonds is 5. The van der Waals surface area contributed by atoms with Gasteiger partial charge in [0.05, 0.1) is 0 Å². The van der Waals surface area contributed by atoms with E-state index in [1.165, 1.54) is 0 Å². The largest absolute Gasteiger partial charge is 0.339 e. The summed E-state index contributed by atoms with van der Waals surface area (Å²) < 4.78 is 0. The second-order valence-corrected chi connectivity index (χ2v) is 6.63. The molecule has 4 heteroatoms. The van der Waals surface area contributed by atoms with Gasteiger partial charge in [-0.15, -0.1) is 0 Å². The van der Waals surface area contributed by atoms with Crippen LogP contribution in [0.5, 0.6) is 0 Å². The number of carbonyl (C=O) groups is 2. The molecule has 2 aromatic rings. The molecule has 0 aromatic heterocycles. The standard InChI is InChI=1S/C21H24N2O2/c1-3-15(2)19-20(24)22-18(17-12-8-5-9-13-17)21(25)23(19)14-16-10-6-4-7-11-16/h4-13,15,18-19H,3,14H2,1-2H3,(H,22,24). The highest BCUT2D eigenvalue weighted by Gasteiger charge is 2.43. The Hall–Kier alpha value is -2.62. The lowest BCUT2D eigenvalue weighted by Crippen LogP contribution is -2.61. The van der Waals surface area contributed by atoms with Crippen LogP contribution < -0.4 is 5.32 Å². The minimum Gasteiger partial charge on any atom is -0.339 e. The molecule has 0 radical (unpaired) electrons. The minimum absolute atomic E-state index is 0.0417. The maximum atomic E-state index is 13.2. The molecule has 3 rings (SSSR count). The smallest absolute Gasteiger partial charge is 0.250 e. The van der Waals surface area contributed by atoms with E-state index in [2.05, 4.69) is 5.32 Å². The molecule has 0 saturated carbocycles. The van der Waals surface area contributed by atoms with Gasteiger partial charge in [0.25, 0.3) is 5.91 Å². The van der Waals surface area contributed by atoms with E-state index in [4.69, 9.17) is 0 Å². The van der Waals surface area contributed by atoms with E-state index in [9.17, 15) is 9.59 Å². The second-order valence-electron chi connectivity index (χ2n) is 6.63. The summed E-state index contributed by atoms with van der Waals surface area (Å²) >= 11 is 0. The summed E-state index contributed by atoms with van der Waals surface area (Å²) in [5, 5.41) is 2.93. The summed E-state index contributed by atoms with van der Waals surface area (Å²) in [6, 6.07) is 18.2. The molecule has 1 aliphatic heterocycles. The molecule has 1 saturated heterocycles. The Kier molecular flexibility index (Phi) is 5.17. The number of nitrogens with one attached hydrogen (secondary N) is 1. The Morgan fingerprint density at radius 1 is 1.00 bits per heavy atom. The van der Waals surface area contributed by atoms with Crippen molar-refractivity contribution in [1.29, 1.82) is 0 Å². The molecule has 3 atom stereocenters. The summed E-state index contributed by atoms with van der Waals surface area (Å²) in [5.41, 5.74) is 1.85. The molecule has 3 unspecified atom stereocenters. The van der Waals surface area contributed by atoms with Gasteiger partial charge < -0.3 is 10.2 Å². The van der Waals surface area contributed by atoms with E-state index in [0.29, 0.717) is 6.54 Å². The quantitative estimate of drug-likeness (QED) is 0.911. The maximum absolute atomic E-state index is 13.2. The highest BCUT2D eigenvalue weighted by Crippen LogP contribution is 2.28. The van der Waals surface area contributed by atoms with Crippen LogP contribution in [0.25, 0.3) is 0 Å². The number of benzene rings is 2. The van der Waals surface area contributed by atoms with Crippen LogP contribution in [0.2, 0.25) is 0 Å². The lowest BCUT2D eigenvalue weighted by atomic mass is 9.91. The van der Waals surface area contributed by atoms with Crippen molar-refractivity contribution in [2.24, 2.45) is 5.92 Å². The Bertz CT molecular complexity index is 730. The molecule has 1 heterocycles. The van der Waals surface area contributed by atoms with Crippen molar-refractivity contribution in [2.45, 2.75) is 38.9 Å². The molecule has 130 valence electrons. The van der Waals surface area contributed by atoms with Crippen LogP contribution in [0.3, 0.4) is 0 Å². The van der Waals surface area contributed by atoms with Crippen molar-refractivity contribution in [3.05, 3.63) is 71.8 Å². The number of carbonyl (C=O) groups excluding carboxylic acids is 2. The van der Waals surface area contributed by atoms with Crippen molar-refractivity contribution in [3.63, 3.8) is 0 Å². The zero-order valence-electron chi connectivity index (χ0n) is 14.7. The van der Waals surface area contributed by atoms with Gasteiger partial charge in [-0.25, -0.2) is 0 Å². The van der Waals surface area contributed by atoms with Gasteiger partial charge in [-0.2, -0.15) is 0 Å². The van der Waals surface area contributed by atoms with E-state index in [1.54, 1.807) is 4.90 Å². The number of hydrogen-bond acceptors (Lipinski definition) is 2. The van der Waals surface area contributed by atoms with Gasteiger partial charge in [0.1, 0.15) is 12.1 Å². The number of amides is 2. The monoisotopic (exact) mass is 336 g/mol. The van der Waals surface area contributed by atoms with Crippen molar-refractivity contribution in [3.8, 4) is 0 Å². The van der Waals surface area contributed by atoms with Gasteiger partial charge in [-0.05, 0) is 17.0 Å². The first kappa shape index (κ1) is 17.2. The maximum Gasteiger partial charge on any atom is 0.250 e. The molecular formula is C21H24N2O2. The SMILES string of the molecule is CCC(C)C1C(=O)NC(c2ccccc2)C(=O)N1Cc1ccccc1. The summed E-state index contributed by atoms with van der Waals surface area (Å²) in [7, 11) is 0. The summed E-state index contributed by atoms with van der Waals surface area (Å²) in [6.07, 6.45) is 0.840. The first-order valence-corrected chi connectivity index (χ1v) is 8.81. The van der Waals surface area contributed by atoms with Crippen molar-refractivity contribution in [1.82, 2.24) is 10.2 Å². The van der Waals surface area contributed by atoms with Crippen LogP contribution in [-0.4, -0.2) is 22.8 Å². The predicted molar refractivity (Wildman–Crippen MR) is 97.6 cm³/mol. The Balaban J connectivity index is 1.94. The molecule has 25 heavy (non-hydrogen) atoms. The lowest BCUT2D eigenvalue weighted by Gasteiger charge is -2.41. The third-order valence-electron chi connectivity index (χ3n) is 4.93. The van der Waals surface area contributed by atoms with E-state index in [1.807, 2.05) is 74.5 Å². The minimum atomic E-state index is -0.613. The molecule has 0 spiro atoms. The van der Waals surface area contributed by atoms with Crippen LogP contribution in [0.1, 0.15) is 37.4 Å². The van der Waals surface area contributed by atoms with Gasteiger partial charge in [-0.3, -0.25) is 9.59 Å². The Morgan fingerprint density at radius 3 is 2.20 bits per heavy atom. The van der Waals surface area contributed by atoms with Crippen molar-refractivity contribution >= 4 is 11.8 Å². The molecule has 0 bridgehead atoms. The molecule has 2 aromatic carbocycles. The fourth-order valence-corrected chi connectivity index (χ4v) is 3.35. The third-order valence-corrected chi connectivity index (χ3v) is 4.93.